The predicted octanol–water partition coefficient (Wildman–Crippen LogP) is 1.33. The zero-order valence-corrected chi connectivity index (χ0v) is 10.4. The number of benzene rings is 1. The second-order valence-electron chi connectivity index (χ2n) is 3.86. The van der Waals surface area contributed by atoms with E-state index < -0.39 is 11.4 Å². The molecule has 5 N–H and O–H groups in total. The topological polar surface area (TPSA) is 78.5 Å². The maximum Gasteiger partial charge on any atom is 0.139 e. The number of nitrogens with one attached hydrogen (secondary N) is 1. The standard InChI is InChI=1S/C10H14BrFN2O2/c1-10(16,5-15)4-14-9-2-6(11)7(12)3-8(9)13/h2-3,14-16H,4-5,13H2,1H3. The van der Waals surface area contributed by atoms with Gasteiger partial charge < -0.3 is 21.3 Å². The van der Waals surface area contributed by atoms with Crippen molar-refractivity contribution in [2.45, 2.75) is 12.5 Å². The van der Waals surface area contributed by atoms with E-state index in [-0.39, 0.29) is 23.3 Å². The van der Waals surface area contributed by atoms with Crippen LogP contribution in [0.25, 0.3) is 0 Å². The molecule has 4 nitrogen and oxygen atoms in total. The Balaban J connectivity index is 2.79. The number of rotatable bonds is 4. The monoisotopic (exact) mass is 292 g/mol. The lowest BCUT2D eigenvalue weighted by molar-refractivity contribution is 0.0132. The molecule has 0 aromatic heterocycles. The highest BCUT2D eigenvalue weighted by molar-refractivity contribution is 9.10. The molecule has 0 bridgehead atoms. The Morgan fingerprint density at radius 1 is 1.56 bits per heavy atom. The number of nitrogen functional groups attached to an aromatic ring is 1. The summed E-state index contributed by atoms with van der Waals surface area (Å²) in [6, 6.07) is 2.66. The third-order valence-electron chi connectivity index (χ3n) is 2.09. The summed E-state index contributed by atoms with van der Waals surface area (Å²) in [6.07, 6.45) is 0. The summed E-state index contributed by atoms with van der Waals surface area (Å²) in [5.74, 6) is -0.447. The van der Waals surface area contributed by atoms with Gasteiger partial charge in [0.1, 0.15) is 11.4 Å². The Hall–Kier alpha value is -0.850. The molecule has 0 heterocycles. The maximum absolute atomic E-state index is 13.1. The predicted molar refractivity (Wildman–Crippen MR) is 64.7 cm³/mol. The average molecular weight is 293 g/mol. The van der Waals surface area contributed by atoms with Crippen LogP contribution in [-0.2, 0) is 0 Å². The van der Waals surface area contributed by atoms with Gasteiger partial charge in [0, 0.05) is 12.6 Å². The van der Waals surface area contributed by atoms with Gasteiger partial charge in [-0.2, -0.15) is 0 Å². The molecule has 1 rings (SSSR count). The summed E-state index contributed by atoms with van der Waals surface area (Å²) in [6.45, 7) is 1.22. The molecular weight excluding hydrogens is 279 g/mol. The Morgan fingerprint density at radius 2 is 2.19 bits per heavy atom. The molecule has 1 aromatic carbocycles. The highest BCUT2D eigenvalue weighted by atomic mass is 79.9. The number of halogens is 2. The number of aliphatic hydroxyl groups excluding tert-OH is 1. The molecular formula is C10H14BrFN2O2. The lowest BCUT2D eigenvalue weighted by Gasteiger charge is -2.22. The number of anilines is 2. The van der Waals surface area contributed by atoms with E-state index in [9.17, 15) is 9.50 Å². The lowest BCUT2D eigenvalue weighted by Crippen LogP contribution is -2.37. The molecule has 1 unspecified atom stereocenters. The summed E-state index contributed by atoms with van der Waals surface area (Å²) in [5, 5.41) is 21.3. The quantitative estimate of drug-likeness (QED) is 0.631. The Morgan fingerprint density at radius 3 is 2.75 bits per heavy atom. The SMILES string of the molecule is CC(O)(CO)CNc1cc(Br)c(F)cc1N. The largest absolute Gasteiger partial charge is 0.397 e. The lowest BCUT2D eigenvalue weighted by atomic mass is 10.1. The molecule has 90 valence electrons. The number of hydrogen-bond donors (Lipinski definition) is 4. The molecule has 0 radical (unpaired) electrons. The molecule has 0 aliphatic heterocycles. The van der Waals surface area contributed by atoms with Crippen molar-refractivity contribution in [3.8, 4) is 0 Å². The van der Waals surface area contributed by atoms with Gasteiger partial charge in [0.05, 0.1) is 22.5 Å². The van der Waals surface area contributed by atoms with Crippen molar-refractivity contribution in [2.24, 2.45) is 0 Å². The highest BCUT2D eigenvalue weighted by Crippen LogP contribution is 2.26. The van der Waals surface area contributed by atoms with Gasteiger partial charge in [0.15, 0.2) is 0 Å². The number of aliphatic hydroxyl groups is 2. The summed E-state index contributed by atoms with van der Waals surface area (Å²) in [5.41, 5.74) is 5.10. The fraction of sp³-hybridized carbons (Fsp3) is 0.400. The number of nitrogens with two attached hydrogens (primary N) is 1. The van der Waals surface area contributed by atoms with Crippen LogP contribution in [0.4, 0.5) is 15.8 Å². The van der Waals surface area contributed by atoms with Gasteiger partial charge in [-0.05, 0) is 28.9 Å². The molecule has 0 fully saturated rings. The van der Waals surface area contributed by atoms with Crippen molar-refractivity contribution in [3.63, 3.8) is 0 Å². The minimum Gasteiger partial charge on any atom is -0.397 e. The molecule has 0 spiro atoms. The smallest absolute Gasteiger partial charge is 0.139 e. The molecule has 0 aliphatic carbocycles. The summed E-state index contributed by atoms with van der Waals surface area (Å²) in [7, 11) is 0. The first-order valence-electron chi connectivity index (χ1n) is 4.67. The van der Waals surface area contributed by atoms with Crippen LogP contribution in [0.15, 0.2) is 16.6 Å². The van der Waals surface area contributed by atoms with Crippen LogP contribution in [0.3, 0.4) is 0 Å². The van der Waals surface area contributed by atoms with Crippen LogP contribution in [0.1, 0.15) is 6.92 Å². The Kier molecular flexibility index (Phi) is 4.12. The van der Waals surface area contributed by atoms with Crippen LogP contribution >= 0.6 is 15.9 Å². The first kappa shape index (κ1) is 13.2. The molecule has 6 heteroatoms. The van der Waals surface area contributed by atoms with E-state index in [0.29, 0.717) is 5.69 Å². The van der Waals surface area contributed by atoms with Crippen LogP contribution < -0.4 is 11.1 Å². The van der Waals surface area contributed by atoms with E-state index in [0.717, 1.165) is 0 Å². The third kappa shape index (κ3) is 3.33. The second kappa shape index (κ2) is 4.99. The summed E-state index contributed by atoms with van der Waals surface area (Å²) < 4.78 is 13.3. The molecule has 0 saturated carbocycles. The van der Waals surface area contributed by atoms with Crippen molar-refractivity contribution in [3.05, 3.63) is 22.4 Å². The van der Waals surface area contributed by atoms with Gasteiger partial charge in [-0.1, -0.05) is 0 Å². The van der Waals surface area contributed by atoms with E-state index in [1.54, 1.807) is 0 Å². The molecule has 1 atom stereocenters. The zero-order valence-electron chi connectivity index (χ0n) is 8.80. The summed E-state index contributed by atoms with van der Waals surface area (Å²) in [4.78, 5) is 0. The molecule has 1 aromatic rings. The van der Waals surface area contributed by atoms with E-state index in [1.165, 1.54) is 19.1 Å². The van der Waals surface area contributed by atoms with Crippen LogP contribution in [0, 0.1) is 5.82 Å². The molecule has 16 heavy (non-hydrogen) atoms. The average Bonchev–Trinajstić information content (AvgIpc) is 2.22. The molecule has 0 amide bonds. The Labute approximate surface area is 101 Å². The van der Waals surface area contributed by atoms with Gasteiger partial charge in [-0.25, -0.2) is 4.39 Å². The highest BCUT2D eigenvalue weighted by Gasteiger charge is 2.19. The van der Waals surface area contributed by atoms with E-state index >= 15 is 0 Å². The van der Waals surface area contributed by atoms with Gasteiger partial charge >= 0.3 is 0 Å². The van der Waals surface area contributed by atoms with Crippen molar-refractivity contribution in [1.29, 1.82) is 0 Å². The molecule has 0 saturated heterocycles. The van der Waals surface area contributed by atoms with Gasteiger partial charge in [-0.3, -0.25) is 0 Å². The van der Waals surface area contributed by atoms with Crippen molar-refractivity contribution < 1.29 is 14.6 Å². The third-order valence-corrected chi connectivity index (χ3v) is 2.70. The van der Waals surface area contributed by atoms with E-state index in [2.05, 4.69) is 21.2 Å². The van der Waals surface area contributed by atoms with Gasteiger partial charge in [0.2, 0.25) is 0 Å². The van der Waals surface area contributed by atoms with Crippen molar-refractivity contribution in [1.82, 2.24) is 0 Å². The fourth-order valence-corrected chi connectivity index (χ4v) is 1.40. The van der Waals surface area contributed by atoms with Crippen molar-refractivity contribution in [2.75, 3.05) is 24.2 Å². The van der Waals surface area contributed by atoms with Crippen LogP contribution in [0.5, 0.6) is 0 Å². The fourth-order valence-electron chi connectivity index (χ4n) is 1.06. The first-order valence-corrected chi connectivity index (χ1v) is 5.46. The zero-order chi connectivity index (χ0) is 12.3. The van der Waals surface area contributed by atoms with E-state index in [1.807, 2.05) is 0 Å². The Bertz CT molecular complexity index is 385. The van der Waals surface area contributed by atoms with Gasteiger partial charge in [0.25, 0.3) is 0 Å². The van der Waals surface area contributed by atoms with Crippen LogP contribution in [0.2, 0.25) is 0 Å². The summed E-state index contributed by atoms with van der Waals surface area (Å²) >= 11 is 3.04. The minimum absolute atomic E-state index is 0.117. The first-order chi connectivity index (χ1) is 7.35. The second-order valence-corrected chi connectivity index (χ2v) is 4.72. The number of hydrogen-bond acceptors (Lipinski definition) is 4. The van der Waals surface area contributed by atoms with Crippen LogP contribution in [-0.4, -0.2) is 29.0 Å². The van der Waals surface area contributed by atoms with Crippen molar-refractivity contribution >= 4 is 27.3 Å². The minimum atomic E-state index is -1.24. The molecule has 0 aliphatic rings. The van der Waals surface area contributed by atoms with Gasteiger partial charge in [-0.15, -0.1) is 0 Å². The van der Waals surface area contributed by atoms with E-state index in [4.69, 9.17) is 10.8 Å². The maximum atomic E-state index is 13.1. The normalized spacial score (nSPS) is 14.6.